The van der Waals surface area contributed by atoms with Gasteiger partial charge in [-0.2, -0.15) is 0 Å². The lowest BCUT2D eigenvalue weighted by Gasteiger charge is -2.14. The summed E-state index contributed by atoms with van der Waals surface area (Å²) in [5.74, 6) is -1.12. The van der Waals surface area contributed by atoms with Gasteiger partial charge in [-0.3, -0.25) is 9.78 Å². The van der Waals surface area contributed by atoms with Gasteiger partial charge in [0.15, 0.2) is 0 Å². The number of primary amides is 1. The smallest absolute Gasteiger partial charge is 0.335 e. The van der Waals surface area contributed by atoms with E-state index in [1.807, 2.05) is 31.2 Å². The molecule has 0 radical (unpaired) electrons. The molecule has 2 aromatic heterocycles. The SMILES string of the molecule is COc1cc(-c2cc(Nc3cccc(C(=O)O)c3)c3cc(C(N)=O)cnc3c2)cc(C)n1. The lowest BCUT2D eigenvalue weighted by molar-refractivity contribution is 0.0696. The van der Waals surface area contributed by atoms with E-state index >= 15 is 0 Å². The third-order valence-corrected chi connectivity index (χ3v) is 4.95. The van der Waals surface area contributed by atoms with Crippen LogP contribution < -0.4 is 15.8 Å². The zero-order valence-electron chi connectivity index (χ0n) is 17.4. The Morgan fingerprint density at radius 1 is 1.03 bits per heavy atom. The Hall–Kier alpha value is -4.46. The lowest BCUT2D eigenvalue weighted by atomic mass is 10.0. The zero-order valence-corrected chi connectivity index (χ0v) is 17.4. The molecule has 0 spiro atoms. The van der Waals surface area contributed by atoms with Crippen molar-refractivity contribution in [3.05, 3.63) is 77.6 Å². The summed E-state index contributed by atoms with van der Waals surface area (Å²) in [5, 5.41) is 13.2. The molecule has 4 aromatic rings. The number of nitrogens with zero attached hydrogens (tertiary/aromatic N) is 2. The summed E-state index contributed by atoms with van der Waals surface area (Å²) in [6.07, 6.45) is 1.43. The first-order valence-electron chi connectivity index (χ1n) is 9.71. The minimum Gasteiger partial charge on any atom is -0.481 e. The van der Waals surface area contributed by atoms with Gasteiger partial charge >= 0.3 is 5.97 Å². The van der Waals surface area contributed by atoms with E-state index in [1.54, 1.807) is 25.3 Å². The van der Waals surface area contributed by atoms with E-state index < -0.39 is 11.9 Å². The number of aromatic nitrogens is 2. The Kier molecular flexibility index (Phi) is 5.43. The first-order valence-corrected chi connectivity index (χ1v) is 9.71. The predicted molar refractivity (Wildman–Crippen MR) is 121 cm³/mol. The molecule has 8 heteroatoms. The van der Waals surface area contributed by atoms with Crippen LogP contribution in [0, 0.1) is 6.92 Å². The molecule has 0 fully saturated rings. The molecule has 32 heavy (non-hydrogen) atoms. The highest BCUT2D eigenvalue weighted by Gasteiger charge is 2.13. The number of hydrogen-bond donors (Lipinski definition) is 3. The van der Waals surface area contributed by atoms with Crippen LogP contribution >= 0.6 is 0 Å². The minimum absolute atomic E-state index is 0.154. The Morgan fingerprint density at radius 2 is 1.81 bits per heavy atom. The van der Waals surface area contributed by atoms with Crippen LogP contribution in [0.15, 0.2) is 60.8 Å². The maximum absolute atomic E-state index is 11.7. The molecule has 0 saturated heterocycles. The van der Waals surface area contributed by atoms with Crippen LogP contribution in [-0.2, 0) is 0 Å². The summed E-state index contributed by atoms with van der Waals surface area (Å²) in [5.41, 5.74) is 10.2. The largest absolute Gasteiger partial charge is 0.481 e. The zero-order chi connectivity index (χ0) is 22.8. The number of carboxylic acids is 1. The van der Waals surface area contributed by atoms with Crippen molar-refractivity contribution in [3.63, 3.8) is 0 Å². The maximum atomic E-state index is 11.7. The number of amides is 1. The molecular weight excluding hydrogens is 408 g/mol. The average molecular weight is 428 g/mol. The predicted octanol–water partition coefficient (Wildman–Crippen LogP) is 4.15. The van der Waals surface area contributed by atoms with Crippen LogP contribution in [0.5, 0.6) is 5.88 Å². The molecule has 0 aliphatic heterocycles. The summed E-state index contributed by atoms with van der Waals surface area (Å²) >= 11 is 0. The summed E-state index contributed by atoms with van der Waals surface area (Å²) in [6, 6.07) is 15.7. The van der Waals surface area contributed by atoms with Gasteiger partial charge in [0.05, 0.1) is 23.8 Å². The summed E-state index contributed by atoms with van der Waals surface area (Å²) < 4.78 is 5.30. The number of nitrogens with one attached hydrogen (secondary N) is 1. The molecule has 0 saturated carbocycles. The first-order chi connectivity index (χ1) is 15.3. The molecule has 0 aliphatic rings. The van der Waals surface area contributed by atoms with Crippen LogP contribution in [0.2, 0.25) is 0 Å². The number of aromatic carboxylic acids is 1. The molecule has 0 atom stereocenters. The third-order valence-electron chi connectivity index (χ3n) is 4.95. The van der Waals surface area contributed by atoms with Gasteiger partial charge in [0.25, 0.3) is 0 Å². The molecule has 160 valence electrons. The van der Waals surface area contributed by atoms with Gasteiger partial charge in [0, 0.05) is 34.7 Å². The topological polar surface area (TPSA) is 127 Å². The number of rotatable bonds is 6. The molecule has 2 heterocycles. The van der Waals surface area contributed by atoms with E-state index in [1.165, 1.54) is 18.3 Å². The highest BCUT2D eigenvalue weighted by molar-refractivity contribution is 6.02. The van der Waals surface area contributed by atoms with Crippen molar-refractivity contribution in [3.8, 4) is 17.0 Å². The number of ether oxygens (including phenoxy) is 1. The monoisotopic (exact) mass is 428 g/mol. The van der Waals surface area contributed by atoms with Gasteiger partial charge in [-0.1, -0.05) is 6.07 Å². The van der Waals surface area contributed by atoms with E-state index in [0.717, 1.165) is 16.8 Å². The molecule has 0 unspecified atom stereocenters. The number of hydrogen-bond acceptors (Lipinski definition) is 6. The van der Waals surface area contributed by atoms with Crippen LogP contribution in [0.3, 0.4) is 0 Å². The molecule has 0 aliphatic carbocycles. The number of benzene rings is 2. The number of carbonyl (C=O) groups excluding carboxylic acids is 1. The van der Waals surface area contributed by atoms with Gasteiger partial charge < -0.3 is 20.9 Å². The lowest BCUT2D eigenvalue weighted by Crippen LogP contribution is -2.11. The van der Waals surface area contributed by atoms with Gasteiger partial charge in [-0.25, -0.2) is 9.78 Å². The quantitative estimate of drug-likeness (QED) is 0.421. The highest BCUT2D eigenvalue weighted by atomic mass is 16.5. The number of carbonyl (C=O) groups is 2. The number of pyridine rings is 2. The Labute approximate surface area is 183 Å². The van der Waals surface area contributed by atoms with Gasteiger partial charge in [0.2, 0.25) is 11.8 Å². The van der Waals surface area contributed by atoms with E-state index in [9.17, 15) is 14.7 Å². The Morgan fingerprint density at radius 3 is 2.53 bits per heavy atom. The summed E-state index contributed by atoms with van der Waals surface area (Å²) in [7, 11) is 1.56. The number of carboxylic acid groups (broad SMARTS) is 1. The van der Waals surface area contributed by atoms with Crippen LogP contribution in [-0.4, -0.2) is 34.1 Å². The number of fused-ring (bicyclic) bond motifs is 1. The van der Waals surface area contributed by atoms with Gasteiger partial charge in [-0.15, -0.1) is 0 Å². The number of nitrogens with two attached hydrogens (primary N) is 1. The first kappa shape index (κ1) is 20.8. The molecule has 4 N–H and O–H groups in total. The fraction of sp³-hybridized carbons (Fsp3) is 0.0833. The summed E-state index contributed by atoms with van der Waals surface area (Å²) in [6.45, 7) is 1.88. The third kappa shape index (κ3) is 4.20. The number of aryl methyl sites for hydroxylation is 1. The second kappa shape index (κ2) is 8.35. The van der Waals surface area contributed by atoms with Crippen molar-refractivity contribution >= 4 is 34.2 Å². The average Bonchev–Trinajstić information content (AvgIpc) is 2.78. The van der Waals surface area contributed by atoms with Crippen molar-refractivity contribution in [2.24, 2.45) is 5.73 Å². The van der Waals surface area contributed by atoms with Crippen LogP contribution in [0.1, 0.15) is 26.4 Å². The second-order valence-electron chi connectivity index (χ2n) is 7.23. The fourth-order valence-corrected chi connectivity index (χ4v) is 3.43. The second-order valence-corrected chi connectivity index (χ2v) is 7.23. The van der Waals surface area contributed by atoms with Gasteiger partial charge in [0.1, 0.15) is 0 Å². The Balaban J connectivity index is 1.91. The van der Waals surface area contributed by atoms with Crippen molar-refractivity contribution < 1.29 is 19.4 Å². The normalized spacial score (nSPS) is 10.7. The van der Waals surface area contributed by atoms with Gasteiger partial charge in [-0.05, 0) is 60.5 Å². The van der Waals surface area contributed by atoms with E-state index in [0.29, 0.717) is 28.2 Å². The Bertz CT molecular complexity index is 1370. The molecule has 8 nitrogen and oxygen atoms in total. The van der Waals surface area contributed by atoms with Crippen molar-refractivity contribution in [2.75, 3.05) is 12.4 Å². The van der Waals surface area contributed by atoms with E-state index in [-0.39, 0.29) is 11.1 Å². The van der Waals surface area contributed by atoms with Crippen LogP contribution in [0.25, 0.3) is 22.0 Å². The molecule has 4 rings (SSSR count). The van der Waals surface area contributed by atoms with E-state index in [4.69, 9.17) is 10.5 Å². The molecule has 1 amide bonds. The fourth-order valence-electron chi connectivity index (χ4n) is 3.43. The number of methoxy groups -OCH3 is 1. The highest BCUT2D eigenvalue weighted by Crippen LogP contribution is 2.34. The van der Waals surface area contributed by atoms with E-state index in [2.05, 4.69) is 15.3 Å². The maximum Gasteiger partial charge on any atom is 0.335 e. The molecule has 0 bridgehead atoms. The van der Waals surface area contributed by atoms with Crippen molar-refractivity contribution in [2.45, 2.75) is 6.92 Å². The van der Waals surface area contributed by atoms with Crippen molar-refractivity contribution in [1.82, 2.24) is 9.97 Å². The number of anilines is 2. The van der Waals surface area contributed by atoms with Crippen molar-refractivity contribution in [1.29, 1.82) is 0 Å². The minimum atomic E-state index is -1.02. The standard InChI is InChI=1S/C24H20N4O4/c1-13-6-15(11-22(27-13)32-2)16-9-20-19(8-17(12-26-20)23(25)29)21(10-16)28-18-5-3-4-14(7-18)24(30)31/h3-12,28H,1-2H3,(H2,25,29)(H,30,31). The molecule has 2 aromatic carbocycles. The molecular formula is C24H20N4O4. The summed E-state index contributed by atoms with van der Waals surface area (Å²) in [4.78, 5) is 31.8. The van der Waals surface area contributed by atoms with Crippen LogP contribution in [0.4, 0.5) is 11.4 Å².